The number of hydrogen-bond donors (Lipinski definition) is 0. The van der Waals surface area contributed by atoms with Crippen LogP contribution in [0.4, 0.5) is 0 Å². The van der Waals surface area contributed by atoms with Gasteiger partial charge in [0.05, 0.1) is 5.92 Å². The molecule has 0 N–H and O–H groups in total. The van der Waals surface area contributed by atoms with Crippen molar-refractivity contribution in [2.75, 3.05) is 0 Å². The molecule has 0 aliphatic heterocycles. The Morgan fingerprint density at radius 2 is 1.48 bits per heavy atom. The topological polar surface area (TPSA) is 17.1 Å². The molecule has 3 aromatic rings. The quantitative estimate of drug-likeness (QED) is 0.605. The van der Waals surface area contributed by atoms with Crippen molar-refractivity contribution in [3.05, 3.63) is 107 Å². The van der Waals surface area contributed by atoms with Crippen LogP contribution in [0.1, 0.15) is 22.6 Å². The van der Waals surface area contributed by atoms with Crippen LogP contribution in [0.2, 0.25) is 0 Å². The minimum absolute atomic E-state index is 0.125. The lowest BCUT2D eigenvalue weighted by molar-refractivity contribution is -0.114. The van der Waals surface area contributed by atoms with Gasteiger partial charge in [-0.05, 0) is 57.5 Å². The summed E-state index contributed by atoms with van der Waals surface area (Å²) < 4.78 is 0. The minimum atomic E-state index is -0.125. The summed E-state index contributed by atoms with van der Waals surface area (Å²) in [4.78, 5) is 12.7. The highest BCUT2D eigenvalue weighted by Crippen LogP contribution is 2.40. The molecule has 3 aromatic carbocycles. The van der Waals surface area contributed by atoms with Crippen LogP contribution in [0.5, 0.6) is 0 Å². The SMILES string of the molecule is O=C1C=C2Cc3cc4ccccc4cc3CC=C2C1c1ccccc1. The van der Waals surface area contributed by atoms with Crippen LogP contribution in [0, 0.1) is 0 Å². The highest BCUT2D eigenvalue weighted by molar-refractivity contribution is 6.04. The Balaban J connectivity index is 1.60. The molecule has 0 saturated heterocycles. The molecule has 0 amide bonds. The Hall–Kier alpha value is -2.93. The zero-order valence-corrected chi connectivity index (χ0v) is 13.9. The lowest BCUT2D eigenvalue weighted by Gasteiger charge is -2.13. The molecule has 1 atom stereocenters. The number of carbonyl (C=O) groups is 1. The maximum Gasteiger partial charge on any atom is 0.167 e. The molecule has 0 spiro atoms. The van der Waals surface area contributed by atoms with Gasteiger partial charge >= 0.3 is 0 Å². The van der Waals surface area contributed by atoms with Crippen LogP contribution in [0.3, 0.4) is 0 Å². The van der Waals surface area contributed by atoms with Gasteiger partial charge in [0.15, 0.2) is 5.78 Å². The first-order valence-electron chi connectivity index (χ1n) is 8.80. The van der Waals surface area contributed by atoms with Crippen molar-refractivity contribution < 1.29 is 4.79 Å². The monoisotopic (exact) mass is 322 g/mol. The van der Waals surface area contributed by atoms with Crippen molar-refractivity contribution in [3.8, 4) is 0 Å². The number of benzene rings is 3. The maximum absolute atomic E-state index is 12.7. The third-order valence-electron chi connectivity index (χ3n) is 5.41. The number of carbonyl (C=O) groups excluding carboxylic acids is 1. The molecule has 0 aromatic heterocycles. The van der Waals surface area contributed by atoms with Crippen LogP contribution in [0.25, 0.3) is 10.8 Å². The fourth-order valence-corrected chi connectivity index (χ4v) is 4.18. The summed E-state index contributed by atoms with van der Waals surface area (Å²) in [5, 5.41) is 2.56. The van der Waals surface area contributed by atoms with Crippen LogP contribution in [-0.2, 0) is 17.6 Å². The highest BCUT2D eigenvalue weighted by atomic mass is 16.1. The molecule has 2 aliphatic carbocycles. The van der Waals surface area contributed by atoms with Gasteiger partial charge in [0, 0.05) is 0 Å². The van der Waals surface area contributed by atoms with Crippen LogP contribution in [-0.4, -0.2) is 5.78 Å². The van der Waals surface area contributed by atoms with E-state index in [2.05, 4.69) is 54.6 Å². The summed E-state index contributed by atoms with van der Waals surface area (Å²) in [6, 6.07) is 23.3. The average molecular weight is 322 g/mol. The summed E-state index contributed by atoms with van der Waals surface area (Å²) in [6.45, 7) is 0. The first-order chi connectivity index (χ1) is 12.3. The Bertz CT molecular complexity index is 1050. The van der Waals surface area contributed by atoms with Gasteiger partial charge in [0.25, 0.3) is 0 Å². The van der Waals surface area contributed by atoms with Crippen LogP contribution < -0.4 is 0 Å². The first kappa shape index (κ1) is 14.4. The van der Waals surface area contributed by atoms with E-state index in [-0.39, 0.29) is 11.7 Å². The van der Waals surface area contributed by atoms with Crippen molar-refractivity contribution in [1.82, 2.24) is 0 Å². The Morgan fingerprint density at radius 1 is 0.800 bits per heavy atom. The Kier molecular flexibility index (Phi) is 3.21. The zero-order valence-electron chi connectivity index (χ0n) is 13.9. The second kappa shape index (κ2) is 5.56. The van der Waals surface area contributed by atoms with Gasteiger partial charge in [-0.25, -0.2) is 0 Å². The number of fused-ring (bicyclic) bond motifs is 3. The molecular formula is C24H18O. The van der Waals surface area contributed by atoms with E-state index < -0.39 is 0 Å². The molecule has 5 rings (SSSR count). The lowest BCUT2D eigenvalue weighted by Crippen LogP contribution is -2.07. The van der Waals surface area contributed by atoms with Crippen molar-refractivity contribution in [2.45, 2.75) is 18.8 Å². The van der Waals surface area contributed by atoms with Gasteiger partial charge in [-0.3, -0.25) is 4.79 Å². The van der Waals surface area contributed by atoms with Crippen molar-refractivity contribution in [2.24, 2.45) is 0 Å². The number of rotatable bonds is 1. The summed E-state index contributed by atoms with van der Waals surface area (Å²) in [6.07, 6.45) is 5.88. The smallest absolute Gasteiger partial charge is 0.167 e. The molecule has 1 nitrogen and oxygen atoms in total. The van der Waals surface area contributed by atoms with E-state index in [1.54, 1.807) is 0 Å². The molecule has 120 valence electrons. The predicted octanol–water partition coefficient (Wildman–Crippen LogP) is 5.16. The summed E-state index contributed by atoms with van der Waals surface area (Å²) in [7, 11) is 0. The maximum atomic E-state index is 12.7. The predicted molar refractivity (Wildman–Crippen MR) is 102 cm³/mol. The third-order valence-corrected chi connectivity index (χ3v) is 5.41. The highest BCUT2D eigenvalue weighted by Gasteiger charge is 2.33. The molecule has 0 radical (unpaired) electrons. The van der Waals surface area contributed by atoms with Crippen LogP contribution >= 0.6 is 0 Å². The van der Waals surface area contributed by atoms with Gasteiger partial charge in [-0.1, -0.05) is 72.8 Å². The fourth-order valence-electron chi connectivity index (χ4n) is 4.18. The van der Waals surface area contributed by atoms with E-state index in [0.29, 0.717) is 0 Å². The van der Waals surface area contributed by atoms with E-state index in [0.717, 1.165) is 18.4 Å². The Labute approximate surface area is 147 Å². The van der Waals surface area contributed by atoms with Crippen LogP contribution in [0.15, 0.2) is 90.0 Å². The minimum Gasteiger partial charge on any atom is -0.294 e. The number of allylic oxidation sites excluding steroid dienone is 4. The lowest BCUT2D eigenvalue weighted by atomic mass is 9.89. The molecule has 0 heterocycles. The van der Waals surface area contributed by atoms with Crippen molar-refractivity contribution in [3.63, 3.8) is 0 Å². The molecule has 0 fully saturated rings. The summed E-state index contributed by atoms with van der Waals surface area (Å²) in [5.74, 6) is 0.0941. The molecular weight excluding hydrogens is 304 g/mol. The van der Waals surface area contributed by atoms with E-state index >= 15 is 0 Å². The van der Waals surface area contributed by atoms with Gasteiger partial charge in [0.1, 0.15) is 0 Å². The van der Waals surface area contributed by atoms with Crippen molar-refractivity contribution >= 4 is 16.6 Å². The van der Waals surface area contributed by atoms with Gasteiger partial charge in [-0.15, -0.1) is 0 Å². The Morgan fingerprint density at radius 3 is 2.24 bits per heavy atom. The molecule has 0 bridgehead atoms. The van der Waals surface area contributed by atoms with Gasteiger partial charge in [0.2, 0.25) is 0 Å². The van der Waals surface area contributed by atoms with E-state index in [1.807, 2.05) is 24.3 Å². The largest absolute Gasteiger partial charge is 0.294 e. The molecule has 1 unspecified atom stereocenters. The molecule has 0 saturated carbocycles. The third kappa shape index (κ3) is 2.35. The van der Waals surface area contributed by atoms with Gasteiger partial charge in [-0.2, -0.15) is 0 Å². The van der Waals surface area contributed by atoms with E-state index in [4.69, 9.17) is 0 Å². The first-order valence-corrected chi connectivity index (χ1v) is 8.80. The number of ketones is 1. The second-order valence-corrected chi connectivity index (χ2v) is 6.92. The average Bonchev–Trinajstić information content (AvgIpc) is 2.85. The van der Waals surface area contributed by atoms with E-state index in [9.17, 15) is 4.79 Å². The van der Waals surface area contributed by atoms with Crippen molar-refractivity contribution in [1.29, 1.82) is 0 Å². The summed E-state index contributed by atoms with van der Waals surface area (Å²) in [5.41, 5.74) is 6.21. The fraction of sp³-hybridized carbons (Fsp3) is 0.125. The molecule has 1 heteroatoms. The summed E-state index contributed by atoms with van der Waals surface area (Å²) >= 11 is 0. The second-order valence-electron chi connectivity index (χ2n) is 6.92. The van der Waals surface area contributed by atoms with E-state index in [1.165, 1.54) is 33.0 Å². The zero-order chi connectivity index (χ0) is 16.8. The normalized spacial score (nSPS) is 19.0. The molecule has 25 heavy (non-hydrogen) atoms. The molecule has 2 aliphatic rings. The standard InChI is InChI=1S/C24H18O/c25-23-15-21-14-20-13-18-9-5-4-8-17(18)12-19(20)10-11-22(21)24(23)16-6-2-1-3-7-16/h1-9,11-13,15,24H,10,14H2. The number of hydrogen-bond acceptors (Lipinski definition) is 1. The van der Waals surface area contributed by atoms with Gasteiger partial charge < -0.3 is 0 Å².